The summed E-state index contributed by atoms with van der Waals surface area (Å²) in [6.45, 7) is 0.244. The van der Waals surface area contributed by atoms with E-state index in [-0.39, 0.29) is 19.1 Å². The minimum absolute atomic E-state index is 0.244. The molecule has 0 aliphatic carbocycles. The summed E-state index contributed by atoms with van der Waals surface area (Å²) in [7, 11) is 1.50. The number of hydrogen-bond donors (Lipinski definition) is 2. The highest BCUT2D eigenvalue weighted by Gasteiger charge is 2.39. The van der Waals surface area contributed by atoms with E-state index >= 15 is 0 Å². The third-order valence-electron chi connectivity index (χ3n) is 3.42. The number of amides is 2. The van der Waals surface area contributed by atoms with Crippen molar-refractivity contribution >= 4 is 17.7 Å². The summed E-state index contributed by atoms with van der Waals surface area (Å²) >= 11 is 0. The zero-order chi connectivity index (χ0) is 15.4. The lowest BCUT2D eigenvalue weighted by Crippen LogP contribution is -2.43. The molecule has 2 atom stereocenters. The van der Waals surface area contributed by atoms with Gasteiger partial charge in [0, 0.05) is 31.3 Å². The maximum Gasteiger partial charge on any atom is 0.326 e. The predicted molar refractivity (Wildman–Crippen MR) is 76.9 cm³/mol. The number of hydrogen-bond acceptors (Lipinski definition) is 3. The second kappa shape index (κ2) is 6.29. The van der Waals surface area contributed by atoms with Crippen molar-refractivity contribution in [2.45, 2.75) is 18.6 Å². The summed E-state index contributed by atoms with van der Waals surface area (Å²) < 4.78 is 5.15. The van der Waals surface area contributed by atoms with Gasteiger partial charge in [0.2, 0.25) is 0 Å². The number of terminal acetylenes is 1. The van der Waals surface area contributed by atoms with Crippen molar-refractivity contribution < 1.29 is 19.4 Å². The largest absolute Gasteiger partial charge is 0.480 e. The van der Waals surface area contributed by atoms with Crippen LogP contribution in [0.25, 0.3) is 0 Å². The fourth-order valence-corrected chi connectivity index (χ4v) is 2.31. The highest BCUT2D eigenvalue weighted by atomic mass is 16.5. The first-order valence-corrected chi connectivity index (χ1v) is 6.45. The van der Waals surface area contributed by atoms with Crippen LogP contribution in [0, 0.1) is 12.3 Å². The zero-order valence-corrected chi connectivity index (χ0v) is 11.6. The Balaban J connectivity index is 2.11. The number of methoxy groups -OCH3 is 1. The predicted octanol–water partition coefficient (Wildman–Crippen LogP) is 1.37. The van der Waals surface area contributed by atoms with E-state index in [0.29, 0.717) is 11.3 Å². The lowest BCUT2D eigenvalue weighted by molar-refractivity contribution is -0.141. The number of anilines is 1. The molecule has 0 radical (unpaired) electrons. The van der Waals surface area contributed by atoms with Crippen LogP contribution in [-0.4, -0.2) is 47.8 Å². The summed E-state index contributed by atoms with van der Waals surface area (Å²) in [5, 5.41) is 11.9. The quantitative estimate of drug-likeness (QED) is 0.823. The van der Waals surface area contributed by atoms with E-state index in [1.807, 2.05) is 0 Å². The Kier molecular flexibility index (Phi) is 4.45. The van der Waals surface area contributed by atoms with Crippen LogP contribution in [0.1, 0.15) is 12.0 Å². The van der Waals surface area contributed by atoms with Gasteiger partial charge in [-0.25, -0.2) is 9.59 Å². The first-order valence-electron chi connectivity index (χ1n) is 6.45. The smallest absolute Gasteiger partial charge is 0.326 e. The van der Waals surface area contributed by atoms with Crippen LogP contribution in [0.15, 0.2) is 24.3 Å². The number of rotatable bonds is 3. The molecular weight excluding hydrogens is 272 g/mol. The van der Waals surface area contributed by atoms with E-state index < -0.39 is 18.0 Å². The normalized spacial score (nSPS) is 20.9. The molecule has 1 aliphatic rings. The van der Waals surface area contributed by atoms with Crippen molar-refractivity contribution in [3.63, 3.8) is 0 Å². The Bertz CT molecular complexity index is 594. The fourth-order valence-electron chi connectivity index (χ4n) is 2.31. The molecule has 2 rings (SSSR count). The molecular formula is C15H16N2O4. The molecule has 110 valence electrons. The molecule has 2 unspecified atom stereocenters. The average Bonchev–Trinajstić information content (AvgIpc) is 2.92. The van der Waals surface area contributed by atoms with Crippen molar-refractivity contribution in [2.75, 3.05) is 19.0 Å². The van der Waals surface area contributed by atoms with Crippen LogP contribution in [0.2, 0.25) is 0 Å². The lowest BCUT2D eigenvalue weighted by atomic mass is 10.2. The lowest BCUT2D eigenvalue weighted by Gasteiger charge is -2.21. The number of nitrogens with one attached hydrogen (secondary N) is 1. The van der Waals surface area contributed by atoms with E-state index in [2.05, 4.69) is 11.2 Å². The Hall–Kier alpha value is -2.52. The van der Waals surface area contributed by atoms with Gasteiger partial charge in [-0.05, 0) is 18.2 Å². The molecule has 21 heavy (non-hydrogen) atoms. The maximum absolute atomic E-state index is 12.2. The number of nitrogens with zero attached hydrogens (tertiary/aromatic N) is 1. The summed E-state index contributed by atoms with van der Waals surface area (Å²) in [5.74, 6) is 1.43. The number of carboxylic acids is 1. The van der Waals surface area contributed by atoms with Crippen LogP contribution in [0.3, 0.4) is 0 Å². The molecule has 1 saturated heterocycles. The monoisotopic (exact) mass is 288 g/mol. The Morgan fingerprint density at radius 2 is 2.29 bits per heavy atom. The zero-order valence-electron chi connectivity index (χ0n) is 11.6. The third kappa shape index (κ3) is 3.33. The molecule has 1 aromatic rings. The molecule has 1 aliphatic heterocycles. The van der Waals surface area contributed by atoms with Crippen molar-refractivity contribution in [1.29, 1.82) is 0 Å². The molecule has 6 heteroatoms. The van der Waals surface area contributed by atoms with E-state index in [1.165, 1.54) is 12.0 Å². The summed E-state index contributed by atoms with van der Waals surface area (Å²) in [4.78, 5) is 24.7. The Morgan fingerprint density at radius 3 is 2.90 bits per heavy atom. The van der Waals surface area contributed by atoms with Gasteiger partial charge in [-0.1, -0.05) is 12.0 Å². The molecule has 6 nitrogen and oxygen atoms in total. The van der Waals surface area contributed by atoms with Gasteiger partial charge in [0.25, 0.3) is 0 Å². The number of carbonyl (C=O) groups excluding carboxylic acids is 1. The number of ether oxygens (including phenoxy) is 1. The number of carbonyl (C=O) groups is 2. The SMILES string of the molecule is C#Cc1cccc(NC(=O)N2CC(OC)CC2C(=O)O)c1. The Morgan fingerprint density at radius 1 is 1.52 bits per heavy atom. The maximum atomic E-state index is 12.2. The third-order valence-corrected chi connectivity index (χ3v) is 3.42. The van der Waals surface area contributed by atoms with Gasteiger partial charge < -0.3 is 20.1 Å². The topological polar surface area (TPSA) is 78.9 Å². The van der Waals surface area contributed by atoms with Crippen LogP contribution in [-0.2, 0) is 9.53 Å². The number of aliphatic carboxylic acids is 1. The van der Waals surface area contributed by atoms with Crippen LogP contribution >= 0.6 is 0 Å². The molecule has 0 saturated carbocycles. The van der Waals surface area contributed by atoms with E-state index in [0.717, 1.165) is 0 Å². The first kappa shape index (κ1) is 14.9. The average molecular weight is 288 g/mol. The molecule has 1 heterocycles. The molecule has 0 spiro atoms. The minimum Gasteiger partial charge on any atom is -0.480 e. The molecule has 2 N–H and O–H groups in total. The van der Waals surface area contributed by atoms with Crippen molar-refractivity contribution in [2.24, 2.45) is 0 Å². The standard InChI is InChI=1S/C15H16N2O4/c1-3-10-5-4-6-11(7-10)16-15(20)17-9-12(21-2)8-13(17)14(18)19/h1,4-7,12-13H,8-9H2,2H3,(H,16,20)(H,18,19). The van der Waals surface area contributed by atoms with Crippen molar-refractivity contribution in [3.8, 4) is 12.3 Å². The van der Waals surface area contributed by atoms with Crippen molar-refractivity contribution in [1.82, 2.24) is 4.90 Å². The van der Waals surface area contributed by atoms with Crippen molar-refractivity contribution in [3.05, 3.63) is 29.8 Å². The van der Waals surface area contributed by atoms with Gasteiger partial charge in [-0.2, -0.15) is 0 Å². The van der Waals surface area contributed by atoms with Gasteiger partial charge in [0.05, 0.1) is 6.10 Å². The van der Waals surface area contributed by atoms with Gasteiger partial charge in [0.15, 0.2) is 0 Å². The summed E-state index contributed by atoms with van der Waals surface area (Å²) in [5.41, 5.74) is 1.17. The second-order valence-electron chi connectivity index (χ2n) is 4.76. The summed E-state index contributed by atoms with van der Waals surface area (Å²) in [6, 6.07) is 5.45. The number of likely N-dealkylation sites (tertiary alicyclic amines) is 1. The number of benzene rings is 1. The molecule has 1 fully saturated rings. The van der Waals surface area contributed by atoms with E-state index in [4.69, 9.17) is 11.2 Å². The van der Waals surface area contributed by atoms with E-state index in [1.54, 1.807) is 24.3 Å². The Labute approximate surface area is 122 Å². The van der Waals surface area contributed by atoms with Crippen LogP contribution in [0.4, 0.5) is 10.5 Å². The summed E-state index contributed by atoms with van der Waals surface area (Å²) in [6.07, 6.45) is 5.31. The highest BCUT2D eigenvalue weighted by Crippen LogP contribution is 2.21. The van der Waals surface area contributed by atoms with Crippen LogP contribution in [0.5, 0.6) is 0 Å². The van der Waals surface area contributed by atoms with Gasteiger partial charge in [0.1, 0.15) is 6.04 Å². The minimum atomic E-state index is -1.04. The first-order chi connectivity index (χ1) is 10.0. The van der Waals surface area contributed by atoms with E-state index in [9.17, 15) is 14.7 Å². The molecule has 0 bridgehead atoms. The second-order valence-corrected chi connectivity index (χ2v) is 4.76. The van der Waals surface area contributed by atoms with Gasteiger partial charge in [-0.15, -0.1) is 6.42 Å². The molecule has 0 aromatic heterocycles. The van der Waals surface area contributed by atoms with Crippen LogP contribution < -0.4 is 5.32 Å². The van der Waals surface area contributed by atoms with Gasteiger partial charge in [-0.3, -0.25) is 0 Å². The van der Waals surface area contributed by atoms with Gasteiger partial charge >= 0.3 is 12.0 Å². The highest BCUT2D eigenvalue weighted by molar-refractivity contribution is 5.93. The molecule has 1 aromatic carbocycles. The number of carboxylic acid groups (broad SMARTS) is 1. The number of urea groups is 1. The molecule has 2 amide bonds. The fraction of sp³-hybridized carbons (Fsp3) is 0.333.